The van der Waals surface area contributed by atoms with Crippen molar-refractivity contribution in [1.29, 1.82) is 0 Å². The van der Waals surface area contributed by atoms with Crippen molar-refractivity contribution in [2.75, 3.05) is 13.7 Å². The average Bonchev–Trinajstić information content (AvgIpc) is 2.44. The summed E-state index contributed by atoms with van der Waals surface area (Å²) in [6.07, 6.45) is 4.17. The Morgan fingerprint density at radius 1 is 1.38 bits per heavy atom. The molecule has 0 saturated heterocycles. The van der Waals surface area contributed by atoms with Gasteiger partial charge < -0.3 is 15.8 Å². The topological polar surface area (TPSA) is 64.3 Å². The van der Waals surface area contributed by atoms with E-state index in [2.05, 4.69) is 19.2 Å². The number of nitrogens with two attached hydrogens (primary N) is 1. The molecule has 0 bridgehead atoms. The van der Waals surface area contributed by atoms with Gasteiger partial charge in [0.2, 0.25) is 5.91 Å². The highest BCUT2D eigenvalue weighted by atomic mass is 16.5. The summed E-state index contributed by atoms with van der Waals surface area (Å²) < 4.78 is 5.09. The number of carbonyl (C=O) groups is 1. The zero-order valence-electron chi connectivity index (χ0n) is 13.3. The monoisotopic (exact) mass is 290 g/mol. The summed E-state index contributed by atoms with van der Waals surface area (Å²) in [6, 6.07) is 7.53. The number of amides is 1. The molecule has 3 N–H and O–H groups in total. The molecule has 0 aromatic heterocycles. The first-order valence-electron chi connectivity index (χ1n) is 7.23. The van der Waals surface area contributed by atoms with Crippen molar-refractivity contribution < 1.29 is 9.53 Å². The summed E-state index contributed by atoms with van der Waals surface area (Å²) in [5.74, 6) is 1.15. The molecule has 1 aromatic rings. The second-order valence-electron chi connectivity index (χ2n) is 5.96. The van der Waals surface area contributed by atoms with Gasteiger partial charge >= 0.3 is 0 Å². The number of benzene rings is 1. The van der Waals surface area contributed by atoms with Crippen molar-refractivity contribution in [3.8, 4) is 5.75 Å². The number of rotatable bonds is 7. The highest BCUT2D eigenvalue weighted by Gasteiger charge is 2.24. The fourth-order valence-electron chi connectivity index (χ4n) is 2.31. The summed E-state index contributed by atoms with van der Waals surface area (Å²) in [5, 5.41) is 2.99. The van der Waals surface area contributed by atoms with Gasteiger partial charge in [-0.2, -0.15) is 0 Å². The third-order valence-corrected chi connectivity index (χ3v) is 3.28. The molecule has 0 aliphatic rings. The van der Waals surface area contributed by atoms with E-state index in [1.807, 2.05) is 31.2 Å². The van der Waals surface area contributed by atoms with Crippen molar-refractivity contribution in [3.63, 3.8) is 0 Å². The SMILES string of the molecule is COc1ccc(/C=C/C(=O)NC(C)(CN)CC(C)C)cc1. The summed E-state index contributed by atoms with van der Waals surface area (Å²) in [6.45, 7) is 6.64. The van der Waals surface area contributed by atoms with Crippen LogP contribution >= 0.6 is 0 Å². The highest BCUT2D eigenvalue weighted by Crippen LogP contribution is 2.16. The van der Waals surface area contributed by atoms with Gasteiger partial charge in [0, 0.05) is 18.2 Å². The quantitative estimate of drug-likeness (QED) is 0.759. The van der Waals surface area contributed by atoms with Gasteiger partial charge in [-0.05, 0) is 43.0 Å². The van der Waals surface area contributed by atoms with E-state index in [1.165, 1.54) is 6.08 Å². The Kier molecular flexibility index (Phi) is 6.43. The molecule has 0 fully saturated rings. The Labute approximate surface area is 127 Å². The number of nitrogens with one attached hydrogen (secondary N) is 1. The molecule has 1 atom stereocenters. The molecular weight excluding hydrogens is 264 g/mol. The van der Waals surface area contributed by atoms with Crippen LogP contribution in [0, 0.1) is 5.92 Å². The Balaban J connectivity index is 2.64. The van der Waals surface area contributed by atoms with Gasteiger partial charge in [0.05, 0.1) is 7.11 Å². The smallest absolute Gasteiger partial charge is 0.244 e. The minimum atomic E-state index is -0.366. The molecule has 4 nitrogen and oxygen atoms in total. The van der Waals surface area contributed by atoms with E-state index in [4.69, 9.17) is 10.5 Å². The van der Waals surface area contributed by atoms with Crippen LogP contribution in [0.15, 0.2) is 30.3 Å². The predicted molar refractivity (Wildman–Crippen MR) is 87.1 cm³/mol. The highest BCUT2D eigenvalue weighted by molar-refractivity contribution is 5.92. The van der Waals surface area contributed by atoms with Gasteiger partial charge in [0.1, 0.15) is 5.75 Å². The van der Waals surface area contributed by atoms with Crippen molar-refractivity contribution in [2.45, 2.75) is 32.7 Å². The van der Waals surface area contributed by atoms with E-state index >= 15 is 0 Å². The molecule has 1 aromatic carbocycles. The number of ether oxygens (including phenoxy) is 1. The summed E-state index contributed by atoms with van der Waals surface area (Å²) >= 11 is 0. The van der Waals surface area contributed by atoms with E-state index in [1.54, 1.807) is 13.2 Å². The van der Waals surface area contributed by atoms with Crippen LogP contribution in [-0.4, -0.2) is 25.1 Å². The van der Waals surface area contributed by atoms with Gasteiger partial charge in [-0.3, -0.25) is 4.79 Å². The predicted octanol–water partition coefficient (Wildman–Crippen LogP) is 2.59. The maximum Gasteiger partial charge on any atom is 0.244 e. The lowest BCUT2D eigenvalue weighted by atomic mass is 9.90. The first-order valence-corrected chi connectivity index (χ1v) is 7.23. The summed E-state index contributed by atoms with van der Waals surface area (Å²) in [5.41, 5.74) is 6.37. The molecule has 0 spiro atoms. The molecule has 116 valence electrons. The van der Waals surface area contributed by atoms with Gasteiger partial charge in [-0.1, -0.05) is 26.0 Å². The molecule has 1 amide bonds. The maximum atomic E-state index is 12.0. The van der Waals surface area contributed by atoms with Crippen LogP contribution in [0.5, 0.6) is 5.75 Å². The molecule has 0 radical (unpaired) electrons. The summed E-state index contributed by atoms with van der Waals surface area (Å²) in [7, 11) is 1.63. The molecule has 0 saturated carbocycles. The summed E-state index contributed by atoms with van der Waals surface area (Å²) in [4.78, 5) is 12.0. The fourth-order valence-corrected chi connectivity index (χ4v) is 2.31. The van der Waals surface area contributed by atoms with Gasteiger partial charge in [-0.25, -0.2) is 0 Å². The minimum absolute atomic E-state index is 0.126. The third-order valence-electron chi connectivity index (χ3n) is 3.28. The van der Waals surface area contributed by atoms with Crippen LogP contribution in [-0.2, 0) is 4.79 Å². The first kappa shape index (κ1) is 17.2. The van der Waals surface area contributed by atoms with Crippen LogP contribution in [0.25, 0.3) is 6.08 Å². The average molecular weight is 290 g/mol. The Morgan fingerprint density at radius 2 is 2.00 bits per heavy atom. The van der Waals surface area contributed by atoms with E-state index in [0.717, 1.165) is 17.7 Å². The molecule has 0 aliphatic carbocycles. The Bertz CT molecular complexity index is 480. The molecular formula is C17H26N2O2. The molecule has 0 heterocycles. The van der Waals surface area contributed by atoms with Crippen LogP contribution in [0.4, 0.5) is 0 Å². The second-order valence-corrected chi connectivity index (χ2v) is 5.96. The first-order chi connectivity index (χ1) is 9.88. The van der Waals surface area contributed by atoms with Crippen molar-refractivity contribution in [1.82, 2.24) is 5.32 Å². The van der Waals surface area contributed by atoms with E-state index in [9.17, 15) is 4.79 Å². The second kappa shape index (κ2) is 7.84. The van der Waals surface area contributed by atoms with Crippen molar-refractivity contribution in [2.24, 2.45) is 11.7 Å². The van der Waals surface area contributed by atoms with Crippen LogP contribution in [0.3, 0.4) is 0 Å². The van der Waals surface area contributed by atoms with E-state index in [0.29, 0.717) is 12.5 Å². The maximum absolute atomic E-state index is 12.0. The van der Waals surface area contributed by atoms with Gasteiger partial charge in [-0.15, -0.1) is 0 Å². The Hall–Kier alpha value is -1.81. The lowest BCUT2D eigenvalue weighted by Crippen LogP contribution is -2.51. The van der Waals surface area contributed by atoms with Crippen LogP contribution < -0.4 is 15.8 Å². The van der Waals surface area contributed by atoms with Crippen molar-refractivity contribution >= 4 is 12.0 Å². The van der Waals surface area contributed by atoms with Crippen LogP contribution in [0.2, 0.25) is 0 Å². The molecule has 1 rings (SSSR count). The van der Waals surface area contributed by atoms with E-state index in [-0.39, 0.29) is 11.4 Å². The van der Waals surface area contributed by atoms with E-state index < -0.39 is 0 Å². The number of hydrogen-bond donors (Lipinski definition) is 2. The number of hydrogen-bond acceptors (Lipinski definition) is 3. The zero-order valence-corrected chi connectivity index (χ0v) is 13.3. The standard InChI is InChI=1S/C17H26N2O2/c1-13(2)11-17(3,12-18)19-16(20)10-7-14-5-8-15(21-4)9-6-14/h5-10,13H,11-12,18H2,1-4H3,(H,19,20)/b10-7+. The minimum Gasteiger partial charge on any atom is -0.497 e. The number of methoxy groups -OCH3 is 1. The lowest BCUT2D eigenvalue weighted by Gasteiger charge is -2.30. The normalized spacial score (nSPS) is 14.2. The lowest BCUT2D eigenvalue weighted by molar-refractivity contribution is -0.118. The van der Waals surface area contributed by atoms with Crippen molar-refractivity contribution in [3.05, 3.63) is 35.9 Å². The largest absolute Gasteiger partial charge is 0.497 e. The van der Waals surface area contributed by atoms with Gasteiger partial charge in [0.25, 0.3) is 0 Å². The van der Waals surface area contributed by atoms with Gasteiger partial charge in [0.15, 0.2) is 0 Å². The molecule has 21 heavy (non-hydrogen) atoms. The number of carbonyl (C=O) groups excluding carboxylic acids is 1. The molecule has 1 unspecified atom stereocenters. The fraction of sp³-hybridized carbons (Fsp3) is 0.471. The zero-order chi connectivity index (χ0) is 15.9. The molecule has 0 aliphatic heterocycles. The van der Waals surface area contributed by atoms with Crippen LogP contribution in [0.1, 0.15) is 32.8 Å². The third kappa shape index (κ3) is 6.00. The molecule has 4 heteroatoms. The Morgan fingerprint density at radius 3 is 2.48 bits per heavy atom.